The molecule has 1 saturated heterocycles. The zero-order chi connectivity index (χ0) is 19.6. The van der Waals surface area contributed by atoms with E-state index in [-0.39, 0.29) is 11.9 Å². The first kappa shape index (κ1) is 19.4. The fraction of sp³-hybridized carbons (Fsp3) is 0.412. The molecule has 1 aliphatic rings. The van der Waals surface area contributed by atoms with Gasteiger partial charge in [0, 0.05) is 31.0 Å². The number of piperidine rings is 1. The van der Waals surface area contributed by atoms with Gasteiger partial charge in [-0.1, -0.05) is 0 Å². The topological polar surface area (TPSA) is 78.4 Å². The SMILES string of the molecule is CN(C)C1CCCN(c2cc(F)c(S(=O)(=O)Nc3ccncn3)c(F)c2)C1. The van der Waals surface area contributed by atoms with Gasteiger partial charge < -0.3 is 9.80 Å². The molecule has 0 saturated carbocycles. The Morgan fingerprint density at radius 3 is 2.56 bits per heavy atom. The van der Waals surface area contributed by atoms with Gasteiger partial charge in [-0.25, -0.2) is 27.2 Å². The molecule has 146 valence electrons. The van der Waals surface area contributed by atoms with Crippen LogP contribution in [0.15, 0.2) is 35.6 Å². The molecule has 1 aromatic carbocycles. The lowest BCUT2D eigenvalue weighted by Crippen LogP contribution is -2.45. The molecule has 10 heteroatoms. The van der Waals surface area contributed by atoms with E-state index >= 15 is 0 Å². The van der Waals surface area contributed by atoms with Crippen molar-refractivity contribution in [2.75, 3.05) is 36.8 Å². The van der Waals surface area contributed by atoms with Gasteiger partial charge in [-0.3, -0.25) is 4.72 Å². The van der Waals surface area contributed by atoms with Crippen LogP contribution in [0.2, 0.25) is 0 Å². The summed E-state index contributed by atoms with van der Waals surface area (Å²) in [5.74, 6) is -2.35. The molecular weight excluding hydrogens is 376 g/mol. The number of benzene rings is 1. The highest BCUT2D eigenvalue weighted by molar-refractivity contribution is 7.92. The maximum absolute atomic E-state index is 14.6. The minimum Gasteiger partial charge on any atom is -0.370 e. The summed E-state index contributed by atoms with van der Waals surface area (Å²) in [6.45, 7) is 1.28. The van der Waals surface area contributed by atoms with Crippen molar-refractivity contribution in [1.82, 2.24) is 14.9 Å². The third-order valence-electron chi connectivity index (χ3n) is 4.56. The molecule has 1 aliphatic heterocycles. The highest BCUT2D eigenvalue weighted by Crippen LogP contribution is 2.29. The monoisotopic (exact) mass is 397 g/mol. The molecule has 1 aromatic heterocycles. The number of likely N-dealkylation sites (N-methyl/N-ethyl adjacent to an activating group) is 1. The Morgan fingerprint density at radius 2 is 1.96 bits per heavy atom. The fourth-order valence-electron chi connectivity index (χ4n) is 3.14. The van der Waals surface area contributed by atoms with Crippen molar-refractivity contribution in [1.29, 1.82) is 0 Å². The summed E-state index contributed by atoms with van der Waals surface area (Å²) in [6, 6.07) is 3.69. The number of sulfonamides is 1. The summed E-state index contributed by atoms with van der Waals surface area (Å²) in [5.41, 5.74) is 0.331. The molecule has 1 fully saturated rings. The lowest BCUT2D eigenvalue weighted by atomic mass is 10.0. The number of nitrogens with zero attached hydrogens (tertiary/aromatic N) is 4. The predicted molar refractivity (Wildman–Crippen MR) is 98.1 cm³/mol. The smallest absolute Gasteiger partial charge is 0.268 e. The van der Waals surface area contributed by atoms with Crippen molar-refractivity contribution in [3.8, 4) is 0 Å². The van der Waals surface area contributed by atoms with Gasteiger partial charge in [0.2, 0.25) is 0 Å². The molecule has 0 amide bonds. The van der Waals surface area contributed by atoms with Gasteiger partial charge in [0.25, 0.3) is 10.0 Å². The lowest BCUT2D eigenvalue weighted by Gasteiger charge is -2.37. The first-order valence-electron chi connectivity index (χ1n) is 8.47. The van der Waals surface area contributed by atoms with E-state index in [2.05, 4.69) is 19.6 Å². The molecule has 7 nitrogen and oxygen atoms in total. The van der Waals surface area contributed by atoms with Crippen molar-refractivity contribution < 1.29 is 17.2 Å². The van der Waals surface area contributed by atoms with Gasteiger partial charge >= 0.3 is 0 Å². The Kier molecular flexibility index (Phi) is 5.56. The average molecular weight is 397 g/mol. The summed E-state index contributed by atoms with van der Waals surface area (Å²) < 4.78 is 56.0. The van der Waals surface area contributed by atoms with Crippen molar-refractivity contribution in [2.24, 2.45) is 0 Å². The number of hydrogen-bond acceptors (Lipinski definition) is 6. The van der Waals surface area contributed by atoms with Crippen LogP contribution in [0.1, 0.15) is 12.8 Å². The highest BCUT2D eigenvalue weighted by Gasteiger charge is 2.28. The van der Waals surface area contributed by atoms with Crippen LogP contribution in [0.25, 0.3) is 0 Å². The first-order chi connectivity index (χ1) is 12.8. The molecular formula is C17H21F2N5O2S. The van der Waals surface area contributed by atoms with Crippen LogP contribution < -0.4 is 9.62 Å². The molecule has 1 unspecified atom stereocenters. The van der Waals surface area contributed by atoms with Crippen LogP contribution in [0, 0.1) is 11.6 Å². The van der Waals surface area contributed by atoms with Gasteiger partial charge in [-0.05, 0) is 45.1 Å². The largest absolute Gasteiger partial charge is 0.370 e. The standard InChI is InChI=1S/C17H21F2N5O2S/c1-23(2)12-4-3-7-24(10-12)13-8-14(18)17(15(19)9-13)27(25,26)22-16-5-6-20-11-21-16/h5-6,8-9,11-12H,3-4,7,10H2,1-2H3,(H,20,21,22). The van der Waals surface area contributed by atoms with Crippen LogP contribution in [0.3, 0.4) is 0 Å². The second kappa shape index (κ2) is 7.73. The van der Waals surface area contributed by atoms with Crippen molar-refractivity contribution >= 4 is 21.5 Å². The Balaban J connectivity index is 1.89. The van der Waals surface area contributed by atoms with E-state index in [1.807, 2.05) is 19.0 Å². The summed E-state index contributed by atoms with van der Waals surface area (Å²) in [6.07, 6.45) is 4.34. The Labute approximate surface area is 157 Å². The first-order valence-corrected chi connectivity index (χ1v) is 9.95. The van der Waals surface area contributed by atoms with E-state index in [0.717, 1.165) is 31.3 Å². The minimum absolute atomic E-state index is 0.0715. The summed E-state index contributed by atoms with van der Waals surface area (Å²) >= 11 is 0. The third kappa shape index (κ3) is 4.33. The van der Waals surface area contributed by atoms with Crippen LogP contribution >= 0.6 is 0 Å². The van der Waals surface area contributed by atoms with Gasteiger partial charge in [0.05, 0.1) is 0 Å². The molecule has 0 bridgehead atoms. The van der Waals surface area contributed by atoms with E-state index in [1.54, 1.807) is 0 Å². The molecule has 0 radical (unpaired) electrons. The molecule has 0 aliphatic carbocycles. The maximum Gasteiger partial charge on any atom is 0.268 e. The van der Waals surface area contributed by atoms with Gasteiger partial charge in [-0.2, -0.15) is 0 Å². The Hall–Kier alpha value is -2.33. The molecule has 2 heterocycles. The zero-order valence-electron chi connectivity index (χ0n) is 15.1. The molecule has 0 spiro atoms. The van der Waals surface area contributed by atoms with Crippen molar-refractivity contribution in [3.63, 3.8) is 0 Å². The van der Waals surface area contributed by atoms with Crippen LogP contribution in [-0.2, 0) is 10.0 Å². The predicted octanol–water partition coefficient (Wildman–Crippen LogP) is 2.09. The molecule has 1 N–H and O–H groups in total. The fourth-order valence-corrected chi connectivity index (χ4v) is 4.27. The third-order valence-corrected chi connectivity index (χ3v) is 5.97. The lowest BCUT2D eigenvalue weighted by molar-refractivity contribution is 0.258. The zero-order valence-corrected chi connectivity index (χ0v) is 15.9. The van der Waals surface area contributed by atoms with E-state index in [1.165, 1.54) is 12.3 Å². The number of anilines is 2. The molecule has 2 aromatic rings. The summed E-state index contributed by atoms with van der Waals surface area (Å²) in [7, 11) is -0.539. The number of nitrogens with one attached hydrogen (secondary N) is 1. The molecule has 1 atom stereocenters. The Bertz CT molecular complexity index is 886. The van der Waals surface area contributed by atoms with E-state index in [9.17, 15) is 17.2 Å². The second-order valence-corrected chi connectivity index (χ2v) is 8.26. The van der Waals surface area contributed by atoms with Crippen molar-refractivity contribution in [3.05, 3.63) is 42.4 Å². The van der Waals surface area contributed by atoms with E-state index < -0.39 is 26.6 Å². The van der Waals surface area contributed by atoms with Gasteiger partial charge in [0.15, 0.2) is 4.90 Å². The number of aromatic nitrogens is 2. The van der Waals surface area contributed by atoms with Crippen LogP contribution in [0.4, 0.5) is 20.3 Å². The minimum atomic E-state index is -4.46. The van der Waals surface area contributed by atoms with Crippen LogP contribution in [-0.4, -0.2) is 56.5 Å². The summed E-state index contributed by atoms with van der Waals surface area (Å²) in [4.78, 5) is 10.3. The summed E-state index contributed by atoms with van der Waals surface area (Å²) in [5, 5.41) is 0. The van der Waals surface area contributed by atoms with Gasteiger partial charge in [0.1, 0.15) is 23.8 Å². The van der Waals surface area contributed by atoms with E-state index in [0.29, 0.717) is 18.8 Å². The normalized spacial score (nSPS) is 18.0. The van der Waals surface area contributed by atoms with E-state index in [4.69, 9.17) is 0 Å². The van der Waals surface area contributed by atoms with Gasteiger partial charge in [-0.15, -0.1) is 0 Å². The van der Waals surface area contributed by atoms with Crippen LogP contribution in [0.5, 0.6) is 0 Å². The maximum atomic E-state index is 14.6. The highest BCUT2D eigenvalue weighted by atomic mass is 32.2. The molecule has 3 rings (SSSR count). The average Bonchev–Trinajstić information content (AvgIpc) is 2.61. The number of rotatable bonds is 5. The molecule has 27 heavy (non-hydrogen) atoms. The number of halogens is 2. The quantitative estimate of drug-likeness (QED) is 0.832. The van der Waals surface area contributed by atoms with Crippen molar-refractivity contribution in [2.45, 2.75) is 23.8 Å². The second-order valence-electron chi connectivity index (χ2n) is 6.64. The number of hydrogen-bond donors (Lipinski definition) is 1. The Morgan fingerprint density at radius 1 is 1.26 bits per heavy atom.